The van der Waals surface area contributed by atoms with Gasteiger partial charge in [-0.2, -0.15) is 10.2 Å². The van der Waals surface area contributed by atoms with Crippen LogP contribution in [0.1, 0.15) is 20.8 Å². The maximum atomic E-state index is 12.8. The minimum atomic E-state index is -1.38. The number of ketones is 1. The number of azo groups is 1. The molecule has 0 aliphatic heterocycles. The van der Waals surface area contributed by atoms with Crippen molar-refractivity contribution in [3.05, 3.63) is 35.4 Å². The normalized spacial score (nSPS) is 11.7. The first-order valence-electron chi connectivity index (χ1n) is 9.87. The summed E-state index contributed by atoms with van der Waals surface area (Å²) in [5, 5.41) is 10.8. The Bertz CT molecular complexity index is 996. The number of ether oxygens (including phenoxy) is 4. The highest BCUT2D eigenvalue weighted by Crippen LogP contribution is 2.37. The topological polar surface area (TPSA) is 108 Å². The van der Waals surface area contributed by atoms with Crippen LogP contribution in [0.2, 0.25) is 5.02 Å². The molecule has 2 aromatic carbocycles. The van der Waals surface area contributed by atoms with E-state index in [1.165, 1.54) is 27.2 Å². The fourth-order valence-corrected chi connectivity index (χ4v) is 3.02. The fraction of sp³-hybridized carbons (Fsp3) is 0.364. The van der Waals surface area contributed by atoms with Crippen LogP contribution in [0.25, 0.3) is 0 Å². The van der Waals surface area contributed by atoms with Crippen molar-refractivity contribution in [2.75, 3.05) is 32.8 Å². The Morgan fingerprint density at radius 2 is 1.72 bits per heavy atom. The summed E-state index contributed by atoms with van der Waals surface area (Å²) in [6.07, 6.45) is 0. The number of nitrogens with zero attached hydrogens (tertiary/aromatic N) is 2. The molecule has 0 spiro atoms. The number of carbonyl (C=O) groups excluding carboxylic acids is 2. The number of benzene rings is 2. The number of amides is 1. The second kappa shape index (κ2) is 11.9. The van der Waals surface area contributed by atoms with Crippen LogP contribution in [0, 0.1) is 0 Å². The molecule has 1 unspecified atom stereocenters. The van der Waals surface area contributed by atoms with Crippen molar-refractivity contribution in [1.29, 1.82) is 0 Å². The molecule has 32 heavy (non-hydrogen) atoms. The van der Waals surface area contributed by atoms with E-state index < -0.39 is 17.7 Å². The number of anilines is 1. The van der Waals surface area contributed by atoms with Crippen LogP contribution in [-0.4, -0.2) is 45.2 Å². The highest BCUT2D eigenvalue weighted by Gasteiger charge is 2.25. The molecule has 0 aliphatic rings. The summed E-state index contributed by atoms with van der Waals surface area (Å²) in [5.41, 5.74) is 0.640. The predicted octanol–water partition coefficient (Wildman–Crippen LogP) is 4.83. The molecule has 0 saturated carbocycles. The molecule has 1 atom stereocenters. The van der Waals surface area contributed by atoms with Crippen LogP contribution in [0.4, 0.5) is 11.4 Å². The molecule has 0 heterocycles. The van der Waals surface area contributed by atoms with Gasteiger partial charge in [-0.3, -0.25) is 9.59 Å². The Hall–Kier alpha value is -3.33. The SMILES string of the molecule is CCOc1ccc(N=NC(C(C)=O)C(=O)Nc2cc(OC)cc(Cl)c2OC)cc1OCC. The summed E-state index contributed by atoms with van der Waals surface area (Å²) in [5.74, 6) is 0.509. The first kappa shape index (κ1) is 24.9. The molecule has 0 fully saturated rings. The quantitative estimate of drug-likeness (QED) is 0.377. The lowest BCUT2D eigenvalue weighted by molar-refractivity contribution is -0.126. The molecule has 1 N–H and O–H groups in total. The van der Waals surface area contributed by atoms with Gasteiger partial charge in [-0.05, 0) is 32.9 Å². The number of rotatable bonds is 11. The van der Waals surface area contributed by atoms with Crippen molar-refractivity contribution in [1.82, 2.24) is 0 Å². The third-order valence-corrected chi connectivity index (χ3v) is 4.44. The van der Waals surface area contributed by atoms with Crippen LogP contribution in [0.3, 0.4) is 0 Å². The maximum absolute atomic E-state index is 12.8. The van der Waals surface area contributed by atoms with Crippen LogP contribution < -0.4 is 24.3 Å². The number of hydrogen-bond donors (Lipinski definition) is 1. The van der Waals surface area contributed by atoms with E-state index in [9.17, 15) is 9.59 Å². The van der Waals surface area contributed by atoms with Gasteiger partial charge in [-0.15, -0.1) is 0 Å². The minimum Gasteiger partial charge on any atom is -0.497 e. The fourth-order valence-electron chi connectivity index (χ4n) is 2.73. The molecular weight excluding hydrogens is 438 g/mol. The second-order valence-electron chi connectivity index (χ2n) is 6.41. The van der Waals surface area contributed by atoms with E-state index in [1.54, 1.807) is 24.3 Å². The second-order valence-corrected chi connectivity index (χ2v) is 6.81. The van der Waals surface area contributed by atoms with E-state index in [-0.39, 0.29) is 16.5 Å². The monoisotopic (exact) mass is 463 g/mol. The van der Waals surface area contributed by atoms with E-state index in [2.05, 4.69) is 15.5 Å². The predicted molar refractivity (Wildman–Crippen MR) is 121 cm³/mol. The van der Waals surface area contributed by atoms with E-state index in [1.807, 2.05) is 13.8 Å². The van der Waals surface area contributed by atoms with Crippen molar-refractivity contribution < 1.29 is 28.5 Å². The van der Waals surface area contributed by atoms with Gasteiger partial charge in [0.05, 0.1) is 43.8 Å². The summed E-state index contributed by atoms with van der Waals surface area (Å²) in [6, 6.07) is 6.65. The molecule has 0 bridgehead atoms. The first-order valence-corrected chi connectivity index (χ1v) is 10.3. The van der Waals surface area contributed by atoms with Crippen molar-refractivity contribution in [2.24, 2.45) is 10.2 Å². The van der Waals surface area contributed by atoms with Gasteiger partial charge < -0.3 is 24.3 Å². The van der Waals surface area contributed by atoms with Gasteiger partial charge >= 0.3 is 0 Å². The molecular formula is C22H26ClN3O6. The minimum absolute atomic E-state index is 0.230. The molecule has 0 aliphatic carbocycles. The average Bonchev–Trinajstić information content (AvgIpc) is 2.75. The van der Waals surface area contributed by atoms with Gasteiger partial charge in [0.15, 0.2) is 23.0 Å². The average molecular weight is 464 g/mol. The molecule has 0 saturated heterocycles. The van der Waals surface area contributed by atoms with Crippen molar-refractivity contribution in [3.63, 3.8) is 0 Å². The Morgan fingerprint density at radius 1 is 1.03 bits per heavy atom. The highest BCUT2D eigenvalue weighted by molar-refractivity contribution is 6.33. The van der Waals surface area contributed by atoms with Crippen molar-refractivity contribution in [2.45, 2.75) is 26.8 Å². The molecule has 10 heteroatoms. The Balaban J connectivity index is 2.29. The molecule has 1 amide bonds. The van der Waals surface area contributed by atoms with E-state index in [4.69, 9.17) is 30.5 Å². The summed E-state index contributed by atoms with van der Waals surface area (Å²) in [7, 11) is 2.87. The first-order chi connectivity index (χ1) is 15.3. The molecule has 0 radical (unpaired) electrons. The van der Waals surface area contributed by atoms with Gasteiger partial charge in [0.25, 0.3) is 5.91 Å². The molecule has 0 aromatic heterocycles. The van der Waals surface area contributed by atoms with E-state index >= 15 is 0 Å². The third-order valence-electron chi connectivity index (χ3n) is 4.16. The standard InChI is InChI=1S/C22H26ClN3O6/c1-6-31-18-9-8-14(10-19(18)32-7-2)25-26-20(13(3)27)22(28)24-17-12-15(29-4)11-16(23)21(17)30-5/h8-12,20H,6-7H2,1-5H3,(H,24,28). The number of Topliss-reactive ketones (excluding diaryl/α,β-unsaturated/α-hetero) is 1. The van der Waals surface area contributed by atoms with Gasteiger partial charge in [-0.25, -0.2) is 0 Å². The lowest BCUT2D eigenvalue weighted by Crippen LogP contribution is -2.32. The van der Waals surface area contributed by atoms with Gasteiger partial charge in [0.2, 0.25) is 6.04 Å². The van der Waals surface area contributed by atoms with Gasteiger partial charge in [0.1, 0.15) is 5.75 Å². The molecule has 2 rings (SSSR count). The van der Waals surface area contributed by atoms with E-state index in [0.717, 1.165) is 0 Å². The zero-order valence-electron chi connectivity index (χ0n) is 18.6. The largest absolute Gasteiger partial charge is 0.497 e. The van der Waals surface area contributed by atoms with E-state index in [0.29, 0.717) is 36.1 Å². The lowest BCUT2D eigenvalue weighted by atomic mass is 10.2. The Labute approximate surface area is 191 Å². The molecule has 9 nitrogen and oxygen atoms in total. The summed E-state index contributed by atoms with van der Waals surface area (Å²) in [4.78, 5) is 24.9. The van der Waals surface area contributed by atoms with Crippen molar-refractivity contribution in [3.8, 4) is 23.0 Å². The van der Waals surface area contributed by atoms with Crippen LogP contribution in [-0.2, 0) is 9.59 Å². The molecule has 2 aromatic rings. The van der Waals surface area contributed by atoms with Crippen LogP contribution in [0.15, 0.2) is 40.6 Å². The zero-order valence-corrected chi connectivity index (χ0v) is 19.4. The van der Waals surface area contributed by atoms with Crippen LogP contribution >= 0.6 is 11.6 Å². The Kier molecular flexibility index (Phi) is 9.27. The maximum Gasteiger partial charge on any atom is 0.258 e. The number of hydrogen-bond acceptors (Lipinski definition) is 8. The smallest absolute Gasteiger partial charge is 0.258 e. The van der Waals surface area contributed by atoms with Gasteiger partial charge in [0, 0.05) is 18.2 Å². The number of halogens is 1. The number of nitrogens with one attached hydrogen (secondary N) is 1. The number of carbonyl (C=O) groups is 2. The molecule has 172 valence electrons. The summed E-state index contributed by atoms with van der Waals surface area (Å²) < 4.78 is 21.5. The third kappa shape index (κ3) is 6.34. The zero-order chi connectivity index (χ0) is 23.7. The van der Waals surface area contributed by atoms with Gasteiger partial charge in [-0.1, -0.05) is 11.6 Å². The van der Waals surface area contributed by atoms with Crippen LogP contribution in [0.5, 0.6) is 23.0 Å². The number of methoxy groups -OCH3 is 2. The Morgan fingerprint density at radius 3 is 2.31 bits per heavy atom. The highest BCUT2D eigenvalue weighted by atomic mass is 35.5. The summed E-state index contributed by atoms with van der Waals surface area (Å²) in [6.45, 7) is 5.88. The summed E-state index contributed by atoms with van der Waals surface area (Å²) >= 11 is 6.17. The lowest BCUT2D eigenvalue weighted by Gasteiger charge is -2.15. The van der Waals surface area contributed by atoms with Crippen molar-refractivity contribution >= 4 is 34.7 Å².